The Bertz CT molecular complexity index is 399. The van der Waals surface area contributed by atoms with Crippen LogP contribution in [0.3, 0.4) is 0 Å². The summed E-state index contributed by atoms with van der Waals surface area (Å²) in [4.78, 5) is 25.6. The Labute approximate surface area is 120 Å². The van der Waals surface area contributed by atoms with E-state index in [2.05, 4.69) is 6.58 Å². The third-order valence-corrected chi connectivity index (χ3v) is 3.73. The Kier molecular flexibility index (Phi) is 5.34. The van der Waals surface area contributed by atoms with Gasteiger partial charge in [-0.3, -0.25) is 4.79 Å². The van der Waals surface area contributed by atoms with Gasteiger partial charge in [0.1, 0.15) is 6.61 Å². The molecule has 5 nitrogen and oxygen atoms in total. The van der Waals surface area contributed by atoms with E-state index in [1.54, 1.807) is 6.92 Å². The number of cyclic esters (lactones) is 1. The fourth-order valence-electron chi connectivity index (χ4n) is 2.36. The number of hydrogen-bond donors (Lipinski definition) is 1. The number of amides is 2. The van der Waals surface area contributed by atoms with Crippen LogP contribution in [-0.4, -0.2) is 40.8 Å². The number of carbonyl (C=O) groups is 2. The molecule has 1 fully saturated rings. The van der Waals surface area contributed by atoms with Gasteiger partial charge in [0.2, 0.25) is 5.91 Å². The van der Waals surface area contributed by atoms with Crippen LogP contribution in [0.4, 0.5) is 4.79 Å². The average Bonchev–Trinajstić information content (AvgIpc) is 2.70. The molecular weight excluding hydrogens is 258 g/mol. The van der Waals surface area contributed by atoms with Crippen molar-refractivity contribution in [3.8, 4) is 0 Å². The Morgan fingerprint density at radius 3 is 2.35 bits per heavy atom. The van der Waals surface area contributed by atoms with Crippen molar-refractivity contribution in [1.82, 2.24) is 4.90 Å². The first-order valence-electron chi connectivity index (χ1n) is 7.01. The minimum absolute atomic E-state index is 0.100. The molecule has 2 amide bonds. The van der Waals surface area contributed by atoms with E-state index in [4.69, 9.17) is 4.74 Å². The van der Waals surface area contributed by atoms with E-state index in [1.807, 2.05) is 27.7 Å². The van der Waals surface area contributed by atoms with Gasteiger partial charge < -0.3 is 9.84 Å². The lowest BCUT2D eigenvalue weighted by molar-refractivity contribution is -0.137. The van der Waals surface area contributed by atoms with Crippen molar-refractivity contribution in [2.45, 2.75) is 46.8 Å². The van der Waals surface area contributed by atoms with E-state index < -0.39 is 24.0 Å². The summed E-state index contributed by atoms with van der Waals surface area (Å²) in [6.45, 7) is 13.2. The molecule has 0 saturated carbocycles. The van der Waals surface area contributed by atoms with Crippen molar-refractivity contribution >= 4 is 12.0 Å². The molecule has 0 aromatic carbocycles. The molecule has 20 heavy (non-hydrogen) atoms. The summed E-state index contributed by atoms with van der Waals surface area (Å²) in [6.07, 6.45) is -1.49. The molecule has 0 radical (unpaired) electrons. The summed E-state index contributed by atoms with van der Waals surface area (Å²) in [5, 5.41) is 10.2. The van der Waals surface area contributed by atoms with Gasteiger partial charge in [-0.25, -0.2) is 9.69 Å². The Hall–Kier alpha value is -1.36. The first kappa shape index (κ1) is 16.7. The molecule has 1 saturated heterocycles. The number of ether oxygens (including phenoxy) is 1. The SMILES string of the molecule is C=C(C)[C@H](C(=O)N1C(=O)OC[C@@H]1C(C)C)[C@H](O)C(C)C. The van der Waals surface area contributed by atoms with Crippen LogP contribution in [0, 0.1) is 17.8 Å². The smallest absolute Gasteiger partial charge is 0.417 e. The molecule has 1 aliphatic heterocycles. The monoisotopic (exact) mass is 283 g/mol. The number of carbonyl (C=O) groups excluding carboxylic acids is 2. The van der Waals surface area contributed by atoms with Gasteiger partial charge in [0, 0.05) is 0 Å². The molecule has 0 aliphatic carbocycles. The van der Waals surface area contributed by atoms with E-state index in [1.165, 1.54) is 0 Å². The van der Waals surface area contributed by atoms with Crippen molar-refractivity contribution in [1.29, 1.82) is 0 Å². The number of rotatable bonds is 5. The minimum Gasteiger partial charge on any atom is -0.447 e. The highest BCUT2D eigenvalue weighted by molar-refractivity contribution is 5.96. The van der Waals surface area contributed by atoms with Crippen molar-refractivity contribution in [2.24, 2.45) is 17.8 Å². The van der Waals surface area contributed by atoms with E-state index in [-0.39, 0.29) is 24.5 Å². The zero-order chi connectivity index (χ0) is 15.6. The van der Waals surface area contributed by atoms with E-state index >= 15 is 0 Å². The lowest BCUT2D eigenvalue weighted by Crippen LogP contribution is -2.48. The number of hydrogen-bond acceptors (Lipinski definition) is 4. The normalized spacial score (nSPS) is 22.1. The molecule has 1 N–H and O–H groups in total. The summed E-state index contributed by atoms with van der Waals surface area (Å²) in [6, 6.07) is -0.281. The fourth-order valence-corrected chi connectivity index (χ4v) is 2.36. The van der Waals surface area contributed by atoms with Gasteiger partial charge in [-0.15, -0.1) is 0 Å². The first-order chi connectivity index (χ1) is 9.18. The maximum Gasteiger partial charge on any atom is 0.417 e. The molecule has 3 atom stereocenters. The highest BCUT2D eigenvalue weighted by atomic mass is 16.6. The van der Waals surface area contributed by atoms with Crippen LogP contribution in [0.2, 0.25) is 0 Å². The van der Waals surface area contributed by atoms with Crippen molar-refractivity contribution in [2.75, 3.05) is 6.61 Å². The third-order valence-electron chi connectivity index (χ3n) is 3.73. The summed E-state index contributed by atoms with van der Waals surface area (Å²) < 4.78 is 4.99. The number of aliphatic hydroxyl groups excluding tert-OH is 1. The van der Waals surface area contributed by atoms with Crippen molar-refractivity contribution in [3.05, 3.63) is 12.2 Å². The van der Waals surface area contributed by atoms with Gasteiger partial charge in [0.25, 0.3) is 0 Å². The molecule has 1 rings (SSSR count). The molecule has 114 valence electrons. The van der Waals surface area contributed by atoms with Crippen LogP contribution in [0.1, 0.15) is 34.6 Å². The number of aliphatic hydroxyl groups is 1. The molecule has 0 aromatic heterocycles. The van der Waals surface area contributed by atoms with Crippen LogP contribution in [0.25, 0.3) is 0 Å². The molecule has 1 heterocycles. The van der Waals surface area contributed by atoms with Crippen molar-refractivity contribution in [3.63, 3.8) is 0 Å². The third kappa shape index (κ3) is 3.20. The van der Waals surface area contributed by atoms with E-state index in [0.29, 0.717) is 5.57 Å². The molecule has 0 unspecified atom stereocenters. The van der Waals surface area contributed by atoms with Crippen molar-refractivity contribution < 1.29 is 19.4 Å². The van der Waals surface area contributed by atoms with E-state index in [0.717, 1.165) is 4.90 Å². The van der Waals surface area contributed by atoms with Gasteiger partial charge >= 0.3 is 6.09 Å². The Morgan fingerprint density at radius 1 is 1.40 bits per heavy atom. The largest absolute Gasteiger partial charge is 0.447 e. The second-order valence-electron chi connectivity index (χ2n) is 6.16. The van der Waals surface area contributed by atoms with Crippen LogP contribution >= 0.6 is 0 Å². The Morgan fingerprint density at radius 2 is 1.95 bits per heavy atom. The zero-order valence-electron chi connectivity index (χ0n) is 12.9. The van der Waals surface area contributed by atoms with Crippen LogP contribution in [0.5, 0.6) is 0 Å². The zero-order valence-corrected chi connectivity index (χ0v) is 12.9. The second kappa shape index (κ2) is 6.39. The van der Waals surface area contributed by atoms with Crippen LogP contribution < -0.4 is 0 Å². The quantitative estimate of drug-likeness (QED) is 0.785. The lowest BCUT2D eigenvalue weighted by atomic mass is 9.86. The molecule has 0 spiro atoms. The molecule has 0 aromatic rings. The first-order valence-corrected chi connectivity index (χ1v) is 7.01. The van der Waals surface area contributed by atoms with Gasteiger partial charge in [-0.05, 0) is 18.8 Å². The lowest BCUT2D eigenvalue weighted by Gasteiger charge is -2.30. The van der Waals surface area contributed by atoms with E-state index in [9.17, 15) is 14.7 Å². The second-order valence-corrected chi connectivity index (χ2v) is 6.16. The average molecular weight is 283 g/mol. The predicted octanol–water partition coefficient (Wildman–Crippen LogP) is 2.20. The molecule has 1 aliphatic rings. The maximum absolute atomic E-state index is 12.7. The fraction of sp³-hybridized carbons (Fsp3) is 0.733. The van der Waals surface area contributed by atoms with Gasteiger partial charge in [-0.1, -0.05) is 39.8 Å². The number of nitrogens with zero attached hydrogens (tertiary/aromatic N) is 1. The molecule has 0 bridgehead atoms. The summed E-state index contributed by atoms with van der Waals surface area (Å²) >= 11 is 0. The van der Waals surface area contributed by atoms with Crippen LogP contribution in [0.15, 0.2) is 12.2 Å². The van der Waals surface area contributed by atoms with Gasteiger partial charge in [-0.2, -0.15) is 0 Å². The maximum atomic E-state index is 12.7. The topological polar surface area (TPSA) is 66.8 Å². The predicted molar refractivity (Wildman–Crippen MR) is 76.0 cm³/mol. The highest BCUT2D eigenvalue weighted by Gasteiger charge is 2.44. The van der Waals surface area contributed by atoms with Crippen LogP contribution in [-0.2, 0) is 9.53 Å². The number of imide groups is 1. The van der Waals surface area contributed by atoms with Gasteiger partial charge in [0.15, 0.2) is 0 Å². The van der Waals surface area contributed by atoms with Gasteiger partial charge in [0.05, 0.1) is 18.1 Å². The molecular formula is C15H25NO4. The minimum atomic E-state index is -0.860. The summed E-state index contributed by atoms with van der Waals surface area (Å²) in [5.41, 5.74) is 0.554. The Balaban J connectivity index is 3.05. The summed E-state index contributed by atoms with van der Waals surface area (Å²) in [5.74, 6) is -1.19. The summed E-state index contributed by atoms with van der Waals surface area (Å²) in [7, 11) is 0. The highest BCUT2D eigenvalue weighted by Crippen LogP contribution is 2.27. The molecule has 5 heteroatoms. The standard InChI is InChI=1S/C15H25NO4/c1-8(2)11-7-20-15(19)16(11)14(18)12(9(3)4)13(17)10(5)6/h8,10-13,17H,3,7H2,1-2,4-6H3/t11-,12+,13-/m1/s1.